The maximum Gasteiger partial charge on any atom is 0.346 e. The zero-order valence-corrected chi connectivity index (χ0v) is 19.2. The molecule has 1 unspecified atom stereocenters. The van der Waals surface area contributed by atoms with E-state index in [0.717, 1.165) is 0 Å². The summed E-state index contributed by atoms with van der Waals surface area (Å²) in [6.45, 7) is 2.12. The maximum atomic E-state index is 12.8. The van der Waals surface area contributed by atoms with E-state index in [-0.39, 0.29) is 10.5 Å². The molecule has 0 radical (unpaired) electrons. The van der Waals surface area contributed by atoms with E-state index in [9.17, 15) is 18.0 Å². The summed E-state index contributed by atoms with van der Waals surface area (Å²) in [6, 6.07) is 12.2. The van der Waals surface area contributed by atoms with Crippen molar-refractivity contribution in [1.82, 2.24) is 9.71 Å². The third kappa shape index (κ3) is 6.14. The fraction of sp³-hybridized carbons (Fsp3) is 0.190. The van der Waals surface area contributed by atoms with E-state index in [2.05, 4.69) is 9.71 Å². The first-order valence-corrected chi connectivity index (χ1v) is 12.1. The Morgan fingerprint density at radius 3 is 2.52 bits per heavy atom. The third-order valence-corrected chi connectivity index (χ3v) is 6.46. The molecule has 0 bridgehead atoms. The SMILES string of the molecule is CCOc1cccc(C(=O)OC(=O)CC(N)NS(=O)(=O)c2ccccc2)c1-c1csc(N)n1. The number of ether oxygens (including phenoxy) is 2. The van der Waals surface area contributed by atoms with Gasteiger partial charge in [-0.1, -0.05) is 24.3 Å². The molecule has 1 aromatic heterocycles. The van der Waals surface area contributed by atoms with Gasteiger partial charge >= 0.3 is 11.9 Å². The van der Waals surface area contributed by atoms with Gasteiger partial charge in [-0.2, -0.15) is 4.72 Å². The fourth-order valence-electron chi connectivity index (χ4n) is 2.93. The van der Waals surface area contributed by atoms with Crippen molar-refractivity contribution in [3.05, 3.63) is 59.5 Å². The van der Waals surface area contributed by atoms with Crippen LogP contribution in [0.1, 0.15) is 23.7 Å². The number of sulfonamides is 1. The van der Waals surface area contributed by atoms with Crippen molar-refractivity contribution in [3.63, 3.8) is 0 Å². The van der Waals surface area contributed by atoms with Gasteiger partial charge in [0.25, 0.3) is 0 Å². The Morgan fingerprint density at radius 1 is 1.15 bits per heavy atom. The highest BCUT2D eigenvalue weighted by Crippen LogP contribution is 2.35. The second-order valence-corrected chi connectivity index (χ2v) is 9.29. The number of nitrogens with zero attached hydrogens (tertiary/aromatic N) is 1. The monoisotopic (exact) mass is 490 g/mol. The predicted molar refractivity (Wildman–Crippen MR) is 123 cm³/mol. The van der Waals surface area contributed by atoms with Gasteiger partial charge in [-0.05, 0) is 31.2 Å². The van der Waals surface area contributed by atoms with Gasteiger partial charge in [0.2, 0.25) is 10.0 Å². The number of hydrogen-bond donors (Lipinski definition) is 3. The van der Waals surface area contributed by atoms with E-state index in [4.69, 9.17) is 20.9 Å². The van der Waals surface area contributed by atoms with Gasteiger partial charge in [0.15, 0.2) is 5.13 Å². The molecule has 0 saturated heterocycles. The van der Waals surface area contributed by atoms with Crippen LogP contribution in [-0.2, 0) is 19.6 Å². The minimum absolute atomic E-state index is 0.00943. The summed E-state index contributed by atoms with van der Waals surface area (Å²) in [5, 5.41) is 1.95. The molecule has 1 heterocycles. The van der Waals surface area contributed by atoms with Crippen molar-refractivity contribution in [2.45, 2.75) is 24.4 Å². The second kappa shape index (κ2) is 10.5. The van der Waals surface area contributed by atoms with Gasteiger partial charge in [0.1, 0.15) is 5.75 Å². The standard InChI is InChI=1S/C21H22N4O6S2/c1-2-30-16-10-6-9-14(19(16)15-12-32-21(23)24-15)20(27)31-18(26)11-17(22)25-33(28,29)13-7-4-3-5-8-13/h3-10,12,17,25H,2,11,22H2,1H3,(H2,23,24). The number of rotatable bonds is 9. The molecule has 3 aromatic rings. The van der Waals surface area contributed by atoms with Crippen molar-refractivity contribution in [2.75, 3.05) is 12.3 Å². The zero-order valence-electron chi connectivity index (χ0n) is 17.6. The van der Waals surface area contributed by atoms with Gasteiger partial charge in [-0.25, -0.2) is 18.2 Å². The molecule has 1 atom stereocenters. The fourth-order valence-corrected chi connectivity index (χ4v) is 4.62. The maximum absolute atomic E-state index is 12.8. The summed E-state index contributed by atoms with van der Waals surface area (Å²) in [7, 11) is -3.94. The Kier molecular flexibility index (Phi) is 7.76. The number of nitrogens with one attached hydrogen (secondary N) is 1. The van der Waals surface area contributed by atoms with E-state index in [1.165, 1.54) is 29.5 Å². The number of thiazole rings is 1. The minimum atomic E-state index is -3.94. The summed E-state index contributed by atoms with van der Waals surface area (Å²) < 4.78 is 37.4. The van der Waals surface area contributed by atoms with Gasteiger partial charge in [-0.3, -0.25) is 4.79 Å². The zero-order chi connectivity index (χ0) is 24.0. The number of nitrogens with two attached hydrogens (primary N) is 2. The van der Waals surface area contributed by atoms with E-state index in [0.29, 0.717) is 28.7 Å². The third-order valence-electron chi connectivity index (χ3n) is 4.28. The predicted octanol–water partition coefficient (Wildman–Crippen LogP) is 2.13. The molecule has 12 heteroatoms. The Hall–Kier alpha value is -3.32. The van der Waals surface area contributed by atoms with Crippen LogP contribution < -0.4 is 20.9 Å². The molecular formula is C21H22N4O6S2. The Balaban J connectivity index is 1.73. The summed E-state index contributed by atoms with van der Waals surface area (Å²) >= 11 is 1.18. The van der Waals surface area contributed by atoms with Crippen LogP contribution in [0.3, 0.4) is 0 Å². The Morgan fingerprint density at radius 2 is 1.88 bits per heavy atom. The van der Waals surface area contributed by atoms with Crippen LogP contribution in [0.25, 0.3) is 11.3 Å². The smallest absolute Gasteiger partial charge is 0.346 e. The number of nitrogen functional groups attached to an aromatic ring is 1. The lowest BCUT2D eigenvalue weighted by molar-refractivity contribution is -0.138. The molecule has 33 heavy (non-hydrogen) atoms. The van der Waals surface area contributed by atoms with Crippen molar-refractivity contribution < 1.29 is 27.5 Å². The topological polar surface area (TPSA) is 164 Å². The van der Waals surface area contributed by atoms with E-state index in [1.54, 1.807) is 42.6 Å². The van der Waals surface area contributed by atoms with Crippen molar-refractivity contribution in [2.24, 2.45) is 5.73 Å². The minimum Gasteiger partial charge on any atom is -0.493 e. The van der Waals surface area contributed by atoms with Crippen molar-refractivity contribution in [1.29, 1.82) is 0 Å². The highest BCUT2D eigenvalue weighted by molar-refractivity contribution is 7.89. The second-order valence-electron chi connectivity index (χ2n) is 6.69. The first-order valence-electron chi connectivity index (χ1n) is 9.76. The number of esters is 2. The number of carbonyl (C=O) groups excluding carboxylic acids is 2. The molecule has 0 amide bonds. The largest absolute Gasteiger partial charge is 0.493 e. The van der Waals surface area contributed by atoms with Crippen LogP contribution in [0.15, 0.2) is 58.8 Å². The van der Waals surface area contributed by atoms with Gasteiger partial charge < -0.3 is 20.9 Å². The quantitative estimate of drug-likeness (QED) is 0.231. The van der Waals surface area contributed by atoms with Crippen LogP contribution >= 0.6 is 11.3 Å². The van der Waals surface area contributed by atoms with Crippen LogP contribution in [0, 0.1) is 0 Å². The first kappa shape index (κ1) is 24.3. The molecule has 0 fully saturated rings. The molecule has 10 nitrogen and oxygen atoms in total. The van der Waals surface area contributed by atoms with Crippen LogP contribution in [0.2, 0.25) is 0 Å². The Labute approximate surface area is 194 Å². The number of aromatic nitrogens is 1. The lowest BCUT2D eigenvalue weighted by Crippen LogP contribution is -2.43. The van der Waals surface area contributed by atoms with Crippen molar-refractivity contribution in [3.8, 4) is 17.0 Å². The molecule has 0 aliphatic carbocycles. The van der Waals surface area contributed by atoms with Crippen LogP contribution in [0.5, 0.6) is 5.75 Å². The molecule has 0 saturated carbocycles. The summed E-state index contributed by atoms with van der Waals surface area (Å²) in [6.07, 6.45) is -1.87. The summed E-state index contributed by atoms with van der Waals surface area (Å²) in [4.78, 5) is 29.2. The van der Waals surface area contributed by atoms with Gasteiger partial charge in [0, 0.05) is 5.38 Å². The molecule has 5 N–H and O–H groups in total. The molecule has 174 valence electrons. The first-order chi connectivity index (χ1) is 15.7. The number of carbonyl (C=O) groups is 2. The average molecular weight is 491 g/mol. The molecule has 0 aliphatic heterocycles. The molecule has 0 aliphatic rings. The summed E-state index contributed by atoms with van der Waals surface area (Å²) in [5.41, 5.74) is 12.2. The van der Waals surface area contributed by atoms with Gasteiger partial charge in [-0.15, -0.1) is 11.3 Å². The lowest BCUT2D eigenvalue weighted by Gasteiger charge is -2.15. The molecule has 0 spiro atoms. The van der Waals surface area contributed by atoms with E-state index >= 15 is 0 Å². The number of hydrogen-bond acceptors (Lipinski definition) is 10. The molecule has 2 aromatic carbocycles. The highest BCUT2D eigenvalue weighted by Gasteiger charge is 2.25. The van der Waals surface area contributed by atoms with Gasteiger partial charge in [0.05, 0.1) is 40.9 Å². The van der Waals surface area contributed by atoms with E-state index in [1.807, 2.05) is 0 Å². The molecular weight excluding hydrogens is 468 g/mol. The van der Waals surface area contributed by atoms with Crippen molar-refractivity contribution >= 4 is 38.4 Å². The number of anilines is 1. The average Bonchev–Trinajstić information content (AvgIpc) is 3.19. The summed E-state index contributed by atoms with van der Waals surface area (Å²) in [5.74, 6) is -1.59. The Bertz CT molecular complexity index is 1240. The normalized spacial score (nSPS) is 12.2. The number of benzene rings is 2. The highest BCUT2D eigenvalue weighted by atomic mass is 32.2. The van der Waals surface area contributed by atoms with Crippen LogP contribution in [0.4, 0.5) is 5.13 Å². The van der Waals surface area contributed by atoms with Crippen LogP contribution in [-0.4, -0.2) is 38.1 Å². The molecule has 3 rings (SSSR count). The van der Waals surface area contributed by atoms with E-state index < -0.39 is 34.5 Å². The lowest BCUT2D eigenvalue weighted by atomic mass is 10.0.